The van der Waals surface area contributed by atoms with Crippen molar-refractivity contribution in [3.05, 3.63) is 42.6 Å². The highest BCUT2D eigenvalue weighted by atomic mass is 35.5. The molecule has 1 aliphatic rings. The van der Waals surface area contributed by atoms with Crippen LogP contribution in [0.4, 0.5) is 17.3 Å². The summed E-state index contributed by atoms with van der Waals surface area (Å²) in [6.45, 7) is 8.31. The summed E-state index contributed by atoms with van der Waals surface area (Å²) in [4.78, 5) is 11.7. The second kappa shape index (κ2) is 8.41. The van der Waals surface area contributed by atoms with Crippen molar-refractivity contribution in [2.45, 2.75) is 19.9 Å². The minimum atomic E-state index is 0. The van der Waals surface area contributed by atoms with Gasteiger partial charge in [0.05, 0.1) is 0 Å². The van der Waals surface area contributed by atoms with Crippen molar-refractivity contribution in [2.24, 2.45) is 0 Å². The second-order valence-corrected chi connectivity index (χ2v) is 7.60. The Morgan fingerprint density at radius 2 is 1.80 bits per heavy atom. The highest BCUT2D eigenvalue weighted by molar-refractivity contribution is 6.01. The van der Waals surface area contributed by atoms with Crippen LogP contribution < -0.4 is 15.5 Å². The van der Waals surface area contributed by atoms with Gasteiger partial charge in [0.1, 0.15) is 16.6 Å². The van der Waals surface area contributed by atoms with Gasteiger partial charge >= 0.3 is 0 Å². The molecule has 156 valence electrons. The third kappa shape index (κ3) is 3.76. The van der Waals surface area contributed by atoms with Gasteiger partial charge in [0.25, 0.3) is 0 Å². The molecule has 0 atom stereocenters. The first-order chi connectivity index (χ1) is 14.2. The third-order valence-electron chi connectivity index (χ3n) is 5.28. The van der Waals surface area contributed by atoms with E-state index in [4.69, 9.17) is 4.98 Å². The van der Waals surface area contributed by atoms with Crippen molar-refractivity contribution in [1.82, 2.24) is 30.3 Å². The number of hydrogen-bond donors (Lipinski definition) is 2. The molecule has 2 aromatic heterocycles. The molecule has 0 spiro atoms. The lowest BCUT2D eigenvalue weighted by atomic mass is 10.2. The highest BCUT2D eigenvalue weighted by Crippen LogP contribution is 2.26. The quantitative estimate of drug-likeness (QED) is 0.518. The normalized spacial score (nSPS) is 14.3. The van der Waals surface area contributed by atoms with Crippen LogP contribution >= 0.6 is 12.4 Å². The summed E-state index contributed by atoms with van der Waals surface area (Å²) in [7, 11) is 0. The van der Waals surface area contributed by atoms with Crippen LogP contribution in [-0.4, -0.2) is 51.1 Å². The van der Waals surface area contributed by atoms with Crippen LogP contribution in [0.3, 0.4) is 0 Å². The number of aromatic nitrogens is 5. The zero-order valence-electron chi connectivity index (χ0n) is 17.0. The van der Waals surface area contributed by atoms with Gasteiger partial charge in [-0.1, -0.05) is 5.21 Å². The SMILES string of the molecule is CC(C)n1nnc2ccc3cnc(Nc4ccc(N5CCNCC5)cc4)nc3c21.Cl. The number of hydrogen-bond acceptors (Lipinski definition) is 7. The maximum atomic E-state index is 4.78. The van der Waals surface area contributed by atoms with Crippen molar-refractivity contribution >= 4 is 51.7 Å². The number of rotatable bonds is 4. The fourth-order valence-electron chi connectivity index (χ4n) is 3.75. The molecule has 2 N–H and O–H groups in total. The fraction of sp³-hybridized carbons (Fsp3) is 0.333. The molecule has 1 aliphatic heterocycles. The van der Waals surface area contributed by atoms with E-state index in [2.05, 4.69) is 68.9 Å². The molecular weight excluding hydrogens is 400 g/mol. The van der Waals surface area contributed by atoms with Crippen LogP contribution in [0.25, 0.3) is 21.9 Å². The van der Waals surface area contributed by atoms with E-state index in [9.17, 15) is 0 Å². The first-order valence-corrected chi connectivity index (χ1v) is 10.0. The molecule has 1 fully saturated rings. The Kier molecular flexibility index (Phi) is 5.69. The van der Waals surface area contributed by atoms with Gasteiger partial charge in [0.2, 0.25) is 5.95 Å². The lowest BCUT2D eigenvalue weighted by Gasteiger charge is -2.29. The van der Waals surface area contributed by atoms with E-state index in [1.54, 1.807) is 0 Å². The van der Waals surface area contributed by atoms with Crippen molar-refractivity contribution < 1.29 is 0 Å². The van der Waals surface area contributed by atoms with Gasteiger partial charge < -0.3 is 15.5 Å². The maximum absolute atomic E-state index is 4.78. The van der Waals surface area contributed by atoms with E-state index in [0.29, 0.717) is 5.95 Å². The van der Waals surface area contributed by atoms with E-state index in [1.807, 2.05) is 23.0 Å². The highest BCUT2D eigenvalue weighted by Gasteiger charge is 2.14. The Morgan fingerprint density at radius 1 is 1.03 bits per heavy atom. The molecule has 0 saturated carbocycles. The smallest absolute Gasteiger partial charge is 0.227 e. The van der Waals surface area contributed by atoms with Crippen molar-refractivity contribution in [3.63, 3.8) is 0 Å². The molecule has 30 heavy (non-hydrogen) atoms. The van der Waals surface area contributed by atoms with Crippen LogP contribution in [0, 0.1) is 0 Å². The van der Waals surface area contributed by atoms with Crippen LogP contribution in [0.15, 0.2) is 42.6 Å². The molecule has 3 heterocycles. The van der Waals surface area contributed by atoms with Crippen LogP contribution in [0.5, 0.6) is 0 Å². The van der Waals surface area contributed by atoms with Crippen LogP contribution in [0.2, 0.25) is 0 Å². The molecule has 0 unspecified atom stereocenters. The van der Waals surface area contributed by atoms with E-state index in [1.165, 1.54) is 5.69 Å². The van der Waals surface area contributed by atoms with Gasteiger partial charge in [-0.05, 0) is 50.2 Å². The topological polar surface area (TPSA) is 83.8 Å². The number of halogens is 1. The molecule has 1 saturated heterocycles. The van der Waals surface area contributed by atoms with E-state index < -0.39 is 0 Å². The van der Waals surface area contributed by atoms with Gasteiger partial charge in [-0.25, -0.2) is 14.6 Å². The standard InChI is InChI=1S/C21H24N8.ClH/c1-14(2)29-20-18(26-27-29)8-3-15-13-23-21(25-19(15)20)24-16-4-6-17(7-5-16)28-11-9-22-10-12-28;/h3-8,13-14,22H,9-12H2,1-2H3,(H,23,24,25);1H. The summed E-state index contributed by atoms with van der Waals surface area (Å²) in [5, 5.41) is 16.3. The molecule has 0 bridgehead atoms. The number of nitrogens with one attached hydrogen (secondary N) is 2. The zero-order valence-corrected chi connectivity index (χ0v) is 17.9. The molecule has 8 nitrogen and oxygen atoms in total. The summed E-state index contributed by atoms with van der Waals surface area (Å²) in [6, 6.07) is 12.6. The Bertz CT molecular complexity index is 1150. The van der Waals surface area contributed by atoms with Gasteiger partial charge in [-0.2, -0.15) is 0 Å². The molecule has 0 aliphatic carbocycles. The lowest BCUT2D eigenvalue weighted by molar-refractivity contribution is 0.531. The summed E-state index contributed by atoms with van der Waals surface area (Å²) < 4.78 is 1.91. The molecular formula is C21H25ClN8. The molecule has 4 aromatic rings. The van der Waals surface area contributed by atoms with E-state index in [0.717, 1.165) is 53.8 Å². The average molecular weight is 425 g/mol. The first kappa shape index (κ1) is 20.3. The summed E-state index contributed by atoms with van der Waals surface area (Å²) in [5.74, 6) is 0.566. The van der Waals surface area contributed by atoms with Crippen LogP contribution in [-0.2, 0) is 0 Å². The number of anilines is 3. The Balaban J connectivity index is 0.00000218. The van der Waals surface area contributed by atoms with Gasteiger partial charge in [0, 0.05) is 55.2 Å². The monoisotopic (exact) mass is 424 g/mol. The zero-order chi connectivity index (χ0) is 19.8. The van der Waals surface area contributed by atoms with Crippen molar-refractivity contribution in [2.75, 3.05) is 36.4 Å². The van der Waals surface area contributed by atoms with Gasteiger partial charge in [-0.3, -0.25) is 0 Å². The minimum Gasteiger partial charge on any atom is -0.369 e. The van der Waals surface area contributed by atoms with Crippen molar-refractivity contribution in [3.8, 4) is 0 Å². The number of fused-ring (bicyclic) bond motifs is 3. The molecule has 0 amide bonds. The molecule has 0 radical (unpaired) electrons. The first-order valence-electron chi connectivity index (χ1n) is 10.0. The summed E-state index contributed by atoms with van der Waals surface area (Å²) in [5.41, 5.74) is 4.85. The van der Waals surface area contributed by atoms with E-state index in [-0.39, 0.29) is 18.4 Å². The largest absolute Gasteiger partial charge is 0.369 e. The lowest BCUT2D eigenvalue weighted by Crippen LogP contribution is -2.43. The summed E-state index contributed by atoms with van der Waals surface area (Å²) >= 11 is 0. The van der Waals surface area contributed by atoms with Crippen molar-refractivity contribution in [1.29, 1.82) is 0 Å². The number of nitrogens with zero attached hydrogens (tertiary/aromatic N) is 6. The second-order valence-electron chi connectivity index (χ2n) is 7.60. The molecule has 5 rings (SSSR count). The predicted octanol–water partition coefficient (Wildman–Crippen LogP) is 3.53. The minimum absolute atomic E-state index is 0. The average Bonchev–Trinajstić information content (AvgIpc) is 3.20. The van der Waals surface area contributed by atoms with Gasteiger partial charge in [0.15, 0.2) is 0 Å². The Morgan fingerprint density at radius 3 is 2.53 bits per heavy atom. The van der Waals surface area contributed by atoms with Gasteiger partial charge in [-0.15, -0.1) is 17.5 Å². The van der Waals surface area contributed by atoms with E-state index >= 15 is 0 Å². The molecule has 9 heteroatoms. The predicted molar refractivity (Wildman–Crippen MR) is 123 cm³/mol. The summed E-state index contributed by atoms with van der Waals surface area (Å²) in [6.07, 6.45) is 1.84. The third-order valence-corrected chi connectivity index (χ3v) is 5.28. The fourth-order valence-corrected chi connectivity index (χ4v) is 3.75. The van der Waals surface area contributed by atoms with Crippen LogP contribution in [0.1, 0.15) is 19.9 Å². The maximum Gasteiger partial charge on any atom is 0.227 e. The number of piperazine rings is 1. The number of benzene rings is 2. The molecule has 2 aromatic carbocycles. The Labute approximate surface area is 181 Å². The Hall–Kier alpha value is -2.97.